The van der Waals surface area contributed by atoms with E-state index in [0.717, 1.165) is 21.5 Å². The van der Waals surface area contributed by atoms with E-state index in [1.54, 1.807) is 12.1 Å². The molecule has 1 aromatic heterocycles. The first-order valence-electron chi connectivity index (χ1n) is 5.98. The molecule has 5 heteroatoms. The molecule has 4 nitrogen and oxygen atoms in total. The van der Waals surface area contributed by atoms with Crippen LogP contribution >= 0.6 is 15.9 Å². The Bertz CT molecular complexity index is 588. The lowest BCUT2D eigenvalue weighted by Crippen LogP contribution is -2.27. The van der Waals surface area contributed by atoms with Crippen LogP contribution in [0.3, 0.4) is 0 Å². The van der Waals surface area contributed by atoms with Crippen LogP contribution in [0.15, 0.2) is 33.3 Å². The Morgan fingerprint density at radius 2 is 2.16 bits per heavy atom. The molecule has 100 valence electrons. The normalized spacial score (nSPS) is 12.2. The van der Waals surface area contributed by atoms with Gasteiger partial charge in [0.05, 0.1) is 11.7 Å². The number of hydrogen-bond donors (Lipinski definition) is 1. The van der Waals surface area contributed by atoms with Crippen LogP contribution in [0.25, 0.3) is 0 Å². The quantitative estimate of drug-likeness (QED) is 0.940. The van der Waals surface area contributed by atoms with Crippen LogP contribution in [-0.4, -0.2) is 11.1 Å². The van der Waals surface area contributed by atoms with E-state index in [4.69, 9.17) is 4.52 Å². The Labute approximate surface area is 120 Å². The molecule has 1 aromatic carbocycles. The number of benzene rings is 1. The average molecular weight is 323 g/mol. The molecule has 1 amide bonds. The summed E-state index contributed by atoms with van der Waals surface area (Å²) in [5.41, 5.74) is 2.36. The first-order chi connectivity index (χ1) is 8.99. The molecule has 19 heavy (non-hydrogen) atoms. The van der Waals surface area contributed by atoms with Crippen molar-refractivity contribution >= 4 is 21.8 Å². The van der Waals surface area contributed by atoms with Crippen molar-refractivity contribution in [1.29, 1.82) is 0 Å². The van der Waals surface area contributed by atoms with Crippen molar-refractivity contribution in [1.82, 2.24) is 10.5 Å². The molecule has 1 atom stereocenters. The average Bonchev–Trinajstić information content (AvgIpc) is 2.69. The number of carbonyl (C=O) groups excluding carboxylic acids is 1. The van der Waals surface area contributed by atoms with E-state index in [1.165, 1.54) is 0 Å². The van der Waals surface area contributed by atoms with Gasteiger partial charge < -0.3 is 9.84 Å². The van der Waals surface area contributed by atoms with Gasteiger partial charge in [-0.25, -0.2) is 0 Å². The van der Waals surface area contributed by atoms with E-state index in [1.807, 2.05) is 32.9 Å². The first kappa shape index (κ1) is 13.8. The summed E-state index contributed by atoms with van der Waals surface area (Å²) in [5, 5.41) is 6.85. The van der Waals surface area contributed by atoms with Gasteiger partial charge in [0, 0.05) is 15.6 Å². The number of hydrogen-bond acceptors (Lipinski definition) is 3. The minimum Gasteiger partial charge on any atom is -0.361 e. The number of aryl methyl sites for hydroxylation is 2. The summed E-state index contributed by atoms with van der Waals surface area (Å²) in [4.78, 5) is 12.1. The van der Waals surface area contributed by atoms with E-state index >= 15 is 0 Å². The number of halogens is 1. The largest absolute Gasteiger partial charge is 0.361 e. The fourth-order valence-electron chi connectivity index (χ4n) is 2.09. The fourth-order valence-corrected chi connectivity index (χ4v) is 2.49. The fraction of sp³-hybridized carbons (Fsp3) is 0.286. The second kappa shape index (κ2) is 5.57. The van der Waals surface area contributed by atoms with Gasteiger partial charge in [-0.2, -0.15) is 0 Å². The van der Waals surface area contributed by atoms with E-state index < -0.39 is 0 Å². The predicted octanol–water partition coefficient (Wildman–Crippen LogP) is 3.54. The second-order valence-electron chi connectivity index (χ2n) is 4.44. The van der Waals surface area contributed by atoms with E-state index in [2.05, 4.69) is 26.4 Å². The molecule has 0 saturated carbocycles. The van der Waals surface area contributed by atoms with Crippen molar-refractivity contribution in [3.8, 4) is 0 Å². The summed E-state index contributed by atoms with van der Waals surface area (Å²) in [6.45, 7) is 5.63. The molecule has 2 aromatic rings. The highest BCUT2D eigenvalue weighted by atomic mass is 79.9. The summed E-state index contributed by atoms with van der Waals surface area (Å²) < 4.78 is 5.99. The maximum absolute atomic E-state index is 12.1. The molecule has 1 heterocycles. The smallest absolute Gasteiger partial charge is 0.251 e. The molecular weight excluding hydrogens is 308 g/mol. The highest BCUT2D eigenvalue weighted by Crippen LogP contribution is 2.21. The molecule has 1 unspecified atom stereocenters. The van der Waals surface area contributed by atoms with Crippen molar-refractivity contribution in [2.45, 2.75) is 26.8 Å². The number of amides is 1. The number of carbonyl (C=O) groups is 1. The van der Waals surface area contributed by atoms with Gasteiger partial charge >= 0.3 is 0 Å². The first-order valence-corrected chi connectivity index (χ1v) is 6.77. The Hall–Kier alpha value is -1.62. The number of aromatic nitrogens is 1. The van der Waals surface area contributed by atoms with Gasteiger partial charge in [0.1, 0.15) is 5.76 Å². The molecule has 0 radical (unpaired) electrons. The van der Waals surface area contributed by atoms with E-state index in [0.29, 0.717) is 5.56 Å². The van der Waals surface area contributed by atoms with Gasteiger partial charge in [-0.1, -0.05) is 27.2 Å². The molecule has 2 rings (SSSR count). The summed E-state index contributed by atoms with van der Waals surface area (Å²) >= 11 is 3.35. The third-order valence-electron chi connectivity index (χ3n) is 2.96. The molecule has 0 saturated heterocycles. The van der Waals surface area contributed by atoms with Gasteiger partial charge in [-0.05, 0) is 39.0 Å². The SMILES string of the molecule is Cc1noc(C)c1C(C)NC(=O)c1cccc(Br)c1. The third kappa shape index (κ3) is 3.04. The highest BCUT2D eigenvalue weighted by molar-refractivity contribution is 9.10. The minimum atomic E-state index is -0.141. The van der Waals surface area contributed by atoms with Crippen molar-refractivity contribution < 1.29 is 9.32 Å². The van der Waals surface area contributed by atoms with Crippen LogP contribution in [0.5, 0.6) is 0 Å². The zero-order valence-electron chi connectivity index (χ0n) is 11.0. The van der Waals surface area contributed by atoms with E-state index in [9.17, 15) is 4.79 Å². The lowest BCUT2D eigenvalue weighted by atomic mass is 10.1. The zero-order chi connectivity index (χ0) is 14.0. The Balaban J connectivity index is 2.15. The summed E-state index contributed by atoms with van der Waals surface area (Å²) in [5.74, 6) is 0.619. The molecule has 0 aliphatic rings. The molecule has 0 aliphatic heterocycles. The molecule has 0 aliphatic carbocycles. The topological polar surface area (TPSA) is 55.1 Å². The Morgan fingerprint density at radius 1 is 1.42 bits per heavy atom. The lowest BCUT2D eigenvalue weighted by Gasteiger charge is -2.13. The maximum Gasteiger partial charge on any atom is 0.251 e. The van der Waals surface area contributed by atoms with Crippen LogP contribution in [0.4, 0.5) is 0 Å². The monoisotopic (exact) mass is 322 g/mol. The maximum atomic E-state index is 12.1. The molecule has 0 bridgehead atoms. The standard InChI is InChI=1S/C14H15BrN2O2/c1-8(13-9(2)17-19-10(13)3)16-14(18)11-5-4-6-12(15)7-11/h4-8H,1-3H3,(H,16,18). The van der Waals surface area contributed by atoms with Crippen molar-refractivity contribution in [2.75, 3.05) is 0 Å². The third-order valence-corrected chi connectivity index (χ3v) is 3.45. The van der Waals surface area contributed by atoms with Gasteiger partial charge in [0.15, 0.2) is 0 Å². The number of nitrogens with one attached hydrogen (secondary N) is 1. The van der Waals surface area contributed by atoms with Crippen LogP contribution in [0, 0.1) is 13.8 Å². The van der Waals surface area contributed by atoms with Crippen molar-refractivity contribution in [2.24, 2.45) is 0 Å². The van der Waals surface area contributed by atoms with E-state index in [-0.39, 0.29) is 11.9 Å². The molecule has 1 N–H and O–H groups in total. The highest BCUT2D eigenvalue weighted by Gasteiger charge is 2.18. The van der Waals surface area contributed by atoms with Crippen molar-refractivity contribution in [3.63, 3.8) is 0 Å². The number of nitrogens with zero attached hydrogens (tertiary/aromatic N) is 1. The second-order valence-corrected chi connectivity index (χ2v) is 5.36. The van der Waals surface area contributed by atoms with Gasteiger partial charge in [0.25, 0.3) is 5.91 Å². The van der Waals surface area contributed by atoms with Gasteiger partial charge in [0.2, 0.25) is 0 Å². The molecule has 0 spiro atoms. The predicted molar refractivity (Wildman–Crippen MR) is 76.0 cm³/mol. The summed E-state index contributed by atoms with van der Waals surface area (Å²) in [6, 6.07) is 7.14. The van der Waals surface area contributed by atoms with Crippen LogP contribution in [0.2, 0.25) is 0 Å². The zero-order valence-corrected chi connectivity index (χ0v) is 12.6. The Morgan fingerprint density at radius 3 is 2.74 bits per heavy atom. The van der Waals surface area contributed by atoms with Crippen LogP contribution in [-0.2, 0) is 0 Å². The van der Waals surface area contributed by atoms with Gasteiger partial charge in [-0.3, -0.25) is 4.79 Å². The molecular formula is C14H15BrN2O2. The van der Waals surface area contributed by atoms with Gasteiger partial charge in [-0.15, -0.1) is 0 Å². The summed E-state index contributed by atoms with van der Waals surface area (Å²) in [7, 11) is 0. The lowest BCUT2D eigenvalue weighted by molar-refractivity contribution is 0.0939. The Kier molecular flexibility index (Phi) is 4.04. The van der Waals surface area contributed by atoms with Crippen LogP contribution < -0.4 is 5.32 Å². The minimum absolute atomic E-state index is 0.117. The number of rotatable bonds is 3. The summed E-state index contributed by atoms with van der Waals surface area (Å²) in [6.07, 6.45) is 0. The molecule has 0 fully saturated rings. The van der Waals surface area contributed by atoms with Crippen molar-refractivity contribution in [3.05, 3.63) is 51.3 Å². The van der Waals surface area contributed by atoms with Crippen LogP contribution in [0.1, 0.15) is 40.3 Å².